The van der Waals surface area contributed by atoms with Gasteiger partial charge in [0.1, 0.15) is 0 Å². The van der Waals surface area contributed by atoms with E-state index in [9.17, 15) is 5.53 Å². The van der Waals surface area contributed by atoms with Crippen molar-refractivity contribution >= 4 is 5.71 Å². The van der Waals surface area contributed by atoms with Crippen molar-refractivity contribution in [2.75, 3.05) is 0 Å². The van der Waals surface area contributed by atoms with E-state index >= 15 is 0 Å². The first-order chi connectivity index (χ1) is 6.28. The van der Waals surface area contributed by atoms with E-state index in [1.807, 2.05) is 0 Å². The molecule has 2 saturated carbocycles. The molecule has 0 saturated heterocycles. The second-order valence-corrected chi connectivity index (χ2v) is 6.32. The molecule has 0 aliphatic heterocycles. The first kappa shape index (κ1) is 9.92. The molecule has 0 unspecified atom stereocenters. The van der Waals surface area contributed by atoms with E-state index in [4.69, 9.17) is 0 Å². The average Bonchev–Trinajstić information content (AvgIpc) is 2.29. The largest absolute Gasteiger partial charge is 0.362 e. The van der Waals surface area contributed by atoms with Gasteiger partial charge in [-0.25, -0.2) is 0 Å². The first-order valence-electron chi connectivity index (χ1n) is 5.51. The van der Waals surface area contributed by atoms with E-state index < -0.39 is 0 Å². The molecule has 2 nitrogen and oxygen atoms in total. The van der Waals surface area contributed by atoms with E-state index in [1.165, 1.54) is 12.8 Å². The highest BCUT2D eigenvalue weighted by Crippen LogP contribution is 2.69. The molecule has 2 heteroatoms. The zero-order chi connectivity index (χ0) is 10.8. The van der Waals surface area contributed by atoms with Crippen LogP contribution in [0.15, 0.2) is 0 Å². The highest BCUT2D eigenvalue weighted by Gasteiger charge is 2.72. The van der Waals surface area contributed by atoms with Gasteiger partial charge in [0, 0.05) is 0 Å². The van der Waals surface area contributed by atoms with Gasteiger partial charge < -0.3 is 5.53 Å². The molecular weight excluding hydrogens is 172 g/mol. The third-order valence-electron chi connectivity index (χ3n) is 5.33. The molecule has 0 aromatic heterocycles. The Labute approximate surface area is 86.3 Å². The van der Waals surface area contributed by atoms with E-state index in [1.54, 1.807) is 0 Å². The number of hydrogen-bond acceptors (Lipinski definition) is 0. The smallest absolute Gasteiger partial charge is 0.280 e. The zero-order valence-corrected chi connectivity index (χ0v) is 9.89. The van der Waals surface area contributed by atoms with Crippen LogP contribution in [0.3, 0.4) is 0 Å². The van der Waals surface area contributed by atoms with Crippen LogP contribution in [0.25, 0.3) is 5.53 Å². The van der Waals surface area contributed by atoms with Crippen molar-refractivity contribution in [3.05, 3.63) is 5.53 Å². The maximum Gasteiger partial charge on any atom is 0.280 e. The topological polar surface area (TPSA) is 36.4 Å². The van der Waals surface area contributed by atoms with Gasteiger partial charge in [-0.2, -0.15) is 4.79 Å². The number of nitrogens with zero attached hydrogens (tertiary/aromatic N) is 2. The molecule has 2 rings (SSSR count). The zero-order valence-electron chi connectivity index (χ0n) is 9.89. The summed E-state index contributed by atoms with van der Waals surface area (Å²) in [5.41, 5.74) is 10.7. The van der Waals surface area contributed by atoms with Gasteiger partial charge in [0.2, 0.25) is 0 Å². The van der Waals surface area contributed by atoms with E-state index in [0.29, 0.717) is 5.92 Å². The summed E-state index contributed by atoms with van der Waals surface area (Å²) in [4.78, 5) is 3.61. The second-order valence-electron chi connectivity index (χ2n) is 6.32. The minimum atomic E-state index is 0.0747. The summed E-state index contributed by atoms with van der Waals surface area (Å²) in [6.45, 7) is 11.4. The number of rotatable bonds is 0. The molecule has 0 spiro atoms. The van der Waals surface area contributed by atoms with Gasteiger partial charge in [0.05, 0.1) is 10.8 Å². The lowest BCUT2D eigenvalue weighted by atomic mass is 9.70. The lowest BCUT2D eigenvalue weighted by molar-refractivity contribution is -0.0337. The normalized spacial score (nSPS) is 42.6. The number of hydrogen-bond donors (Lipinski definition) is 0. The van der Waals surface area contributed by atoms with Gasteiger partial charge in [-0.15, -0.1) is 0 Å². The first-order valence-corrected chi connectivity index (χ1v) is 5.51. The fourth-order valence-electron chi connectivity index (χ4n) is 4.30. The fraction of sp³-hybridized carbons (Fsp3) is 0.917. The van der Waals surface area contributed by atoms with Crippen LogP contribution in [-0.2, 0) is 0 Å². The predicted octanol–water partition coefficient (Wildman–Crippen LogP) is 3.14. The molecule has 14 heavy (non-hydrogen) atoms. The fourth-order valence-corrected chi connectivity index (χ4v) is 4.30. The maximum absolute atomic E-state index is 9.21. The Hall–Kier alpha value is -0.620. The maximum atomic E-state index is 9.21. The van der Waals surface area contributed by atoms with Crippen molar-refractivity contribution in [2.24, 2.45) is 22.2 Å². The molecule has 0 aromatic carbocycles. The second kappa shape index (κ2) is 2.30. The van der Waals surface area contributed by atoms with Crippen LogP contribution in [0.1, 0.15) is 47.5 Å². The van der Waals surface area contributed by atoms with E-state index in [-0.39, 0.29) is 16.2 Å². The van der Waals surface area contributed by atoms with Crippen molar-refractivity contribution in [2.45, 2.75) is 47.5 Å². The summed E-state index contributed by atoms with van der Waals surface area (Å²) in [5, 5.41) is 0. The van der Waals surface area contributed by atoms with Crippen molar-refractivity contribution in [1.82, 2.24) is 0 Å². The van der Waals surface area contributed by atoms with Crippen molar-refractivity contribution in [3.8, 4) is 0 Å². The van der Waals surface area contributed by atoms with Crippen molar-refractivity contribution in [3.63, 3.8) is 0 Å². The van der Waals surface area contributed by atoms with Crippen LogP contribution in [0.2, 0.25) is 0 Å². The lowest BCUT2D eigenvalue weighted by Gasteiger charge is -2.30. The molecule has 2 aliphatic rings. The number of fused-ring (bicyclic) bond motifs is 2. The highest BCUT2D eigenvalue weighted by molar-refractivity contribution is 5.94. The predicted molar refractivity (Wildman–Crippen MR) is 57.0 cm³/mol. The summed E-state index contributed by atoms with van der Waals surface area (Å²) in [6.07, 6.45) is 2.45. The Kier molecular flexibility index (Phi) is 1.63. The molecule has 0 heterocycles. The average molecular weight is 192 g/mol. The van der Waals surface area contributed by atoms with Crippen LogP contribution in [0.4, 0.5) is 0 Å². The van der Waals surface area contributed by atoms with Gasteiger partial charge in [-0.3, -0.25) is 0 Å². The summed E-state index contributed by atoms with van der Waals surface area (Å²) in [6, 6.07) is 0. The minimum absolute atomic E-state index is 0.0747. The Morgan fingerprint density at radius 2 is 1.79 bits per heavy atom. The molecule has 0 amide bonds. The molecular formula is C12H20N2. The minimum Gasteiger partial charge on any atom is -0.362 e. The van der Waals surface area contributed by atoms with Crippen molar-refractivity contribution < 1.29 is 4.79 Å². The Bertz CT molecular complexity index is 334. The monoisotopic (exact) mass is 192 g/mol. The van der Waals surface area contributed by atoms with Crippen molar-refractivity contribution in [1.29, 1.82) is 0 Å². The Morgan fingerprint density at radius 1 is 1.21 bits per heavy atom. The SMILES string of the molecule is CC1(C)C(=[N+]=[N-])[C@]2(C)CC[C@H]1C2(C)C. The molecule has 2 atom stereocenters. The van der Waals surface area contributed by atoms with Crippen LogP contribution in [0, 0.1) is 22.2 Å². The van der Waals surface area contributed by atoms with E-state index in [0.717, 1.165) is 5.71 Å². The molecule has 2 bridgehead atoms. The Morgan fingerprint density at radius 3 is 2.07 bits per heavy atom. The van der Waals surface area contributed by atoms with Crippen LogP contribution in [0.5, 0.6) is 0 Å². The summed E-state index contributed by atoms with van der Waals surface area (Å²) < 4.78 is 0. The van der Waals surface area contributed by atoms with E-state index in [2.05, 4.69) is 39.4 Å². The molecule has 0 aromatic rings. The quantitative estimate of drug-likeness (QED) is 0.417. The molecule has 2 fully saturated rings. The van der Waals surface area contributed by atoms with Gasteiger partial charge in [0.25, 0.3) is 5.71 Å². The van der Waals surface area contributed by atoms with Gasteiger partial charge in [-0.1, -0.05) is 13.8 Å². The Balaban J connectivity index is 2.67. The van der Waals surface area contributed by atoms with Gasteiger partial charge in [0.15, 0.2) is 0 Å². The third-order valence-corrected chi connectivity index (χ3v) is 5.33. The van der Waals surface area contributed by atoms with Gasteiger partial charge >= 0.3 is 0 Å². The third kappa shape index (κ3) is 0.752. The van der Waals surface area contributed by atoms with Gasteiger partial charge in [-0.05, 0) is 44.9 Å². The summed E-state index contributed by atoms with van der Waals surface area (Å²) >= 11 is 0. The van der Waals surface area contributed by atoms with Crippen LogP contribution in [-0.4, -0.2) is 10.5 Å². The molecule has 0 radical (unpaired) electrons. The summed E-state index contributed by atoms with van der Waals surface area (Å²) in [5.74, 6) is 0.658. The lowest BCUT2D eigenvalue weighted by Crippen LogP contribution is -2.37. The highest BCUT2D eigenvalue weighted by atomic mass is 14.9. The molecule has 78 valence electrons. The standard InChI is InChI=1S/C12H20N2/c1-10(2)8-6-7-12(5,9(10)14-13)11(8,3)4/h8H,6-7H2,1-5H3/t8-,12+/m1/s1. The summed E-state index contributed by atoms with van der Waals surface area (Å²) in [7, 11) is 0. The van der Waals surface area contributed by atoms with Crippen LogP contribution >= 0.6 is 0 Å². The molecule has 0 N–H and O–H groups in total. The molecule has 2 aliphatic carbocycles. The van der Waals surface area contributed by atoms with Crippen LogP contribution < -0.4 is 0 Å².